The fourth-order valence-electron chi connectivity index (χ4n) is 0.628. The summed E-state index contributed by atoms with van der Waals surface area (Å²) in [6.07, 6.45) is -0.257. The van der Waals surface area contributed by atoms with E-state index in [9.17, 15) is 4.79 Å². The summed E-state index contributed by atoms with van der Waals surface area (Å²) in [5.41, 5.74) is 0. The van der Waals surface area contributed by atoms with E-state index in [1.54, 1.807) is 18.9 Å². The standard InChI is InChI=1S/C6H11NO2/c1-5(9-2)6(8)7-3-4-7/h5H,3-4H2,1-2H3. The minimum absolute atomic E-state index is 0.109. The molecule has 1 aliphatic rings. The maximum absolute atomic E-state index is 10.9. The van der Waals surface area contributed by atoms with Gasteiger partial charge in [0, 0.05) is 20.2 Å². The van der Waals surface area contributed by atoms with E-state index in [0.717, 1.165) is 13.1 Å². The molecule has 1 amide bonds. The predicted octanol–water partition coefficient (Wildman–Crippen LogP) is -0.137. The highest BCUT2D eigenvalue weighted by Crippen LogP contribution is 2.07. The van der Waals surface area contributed by atoms with Crippen LogP contribution in [0.2, 0.25) is 0 Å². The van der Waals surface area contributed by atoms with Gasteiger partial charge in [0.2, 0.25) is 0 Å². The lowest BCUT2D eigenvalue weighted by Crippen LogP contribution is -2.25. The summed E-state index contributed by atoms with van der Waals surface area (Å²) in [5, 5.41) is 0. The van der Waals surface area contributed by atoms with Crippen molar-refractivity contribution in [3.05, 3.63) is 0 Å². The molecule has 0 radical (unpaired) electrons. The molecule has 0 bridgehead atoms. The molecule has 0 aromatic heterocycles. The number of amides is 1. The Hall–Kier alpha value is -0.570. The molecule has 0 spiro atoms. The fraction of sp³-hybridized carbons (Fsp3) is 0.833. The van der Waals surface area contributed by atoms with Crippen LogP contribution in [0.3, 0.4) is 0 Å². The van der Waals surface area contributed by atoms with Crippen molar-refractivity contribution >= 4 is 5.91 Å². The molecule has 52 valence electrons. The van der Waals surface area contributed by atoms with Crippen LogP contribution >= 0.6 is 0 Å². The Morgan fingerprint density at radius 1 is 1.67 bits per heavy atom. The number of ether oxygens (including phenoxy) is 1. The van der Waals surface area contributed by atoms with Crippen LogP contribution in [-0.2, 0) is 9.53 Å². The van der Waals surface area contributed by atoms with Crippen molar-refractivity contribution in [3.8, 4) is 0 Å². The van der Waals surface area contributed by atoms with Crippen LogP contribution in [0.25, 0.3) is 0 Å². The lowest BCUT2D eigenvalue weighted by Gasteiger charge is -2.07. The van der Waals surface area contributed by atoms with E-state index < -0.39 is 0 Å². The molecule has 1 unspecified atom stereocenters. The van der Waals surface area contributed by atoms with Gasteiger partial charge >= 0.3 is 0 Å². The van der Waals surface area contributed by atoms with Gasteiger partial charge in [-0.3, -0.25) is 4.79 Å². The summed E-state index contributed by atoms with van der Waals surface area (Å²) in [6, 6.07) is 0. The minimum Gasteiger partial charge on any atom is -0.372 e. The van der Waals surface area contributed by atoms with Gasteiger partial charge in [0.1, 0.15) is 6.10 Å². The summed E-state index contributed by atoms with van der Waals surface area (Å²) in [6.45, 7) is 3.58. The number of hydrogen-bond donors (Lipinski definition) is 0. The molecule has 1 fully saturated rings. The average molecular weight is 129 g/mol. The first-order valence-corrected chi connectivity index (χ1v) is 3.07. The third kappa shape index (κ3) is 1.42. The summed E-state index contributed by atoms with van der Waals surface area (Å²) in [4.78, 5) is 12.7. The number of rotatable bonds is 2. The molecule has 3 heteroatoms. The van der Waals surface area contributed by atoms with E-state index in [4.69, 9.17) is 4.74 Å². The molecule has 0 saturated carbocycles. The second-order valence-corrected chi connectivity index (χ2v) is 2.20. The largest absolute Gasteiger partial charge is 0.372 e. The van der Waals surface area contributed by atoms with Crippen LogP contribution in [0.5, 0.6) is 0 Å². The highest BCUT2D eigenvalue weighted by molar-refractivity contribution is 5.82. The van der Waals surface area contributed by atoms with Gasteiger partial charge in [0.25, 0.3) is 5.91 Å². The zero-order valence-corrected chi connectivity index (χ0v) is 5.76. The van der Waals surface area contributed by atoms with Gasteiger partial charge < -0.3 is 9.64 Å². The highest BCUT2D eigenvalue weighted by Gasteiger charge is 2.27. The molecule has 0 aromatic rings. The molecule has 3 nitrogen and oxygen atoms in total. The number of nitrogens with zero attached hydrogens (tertiary/aromatic N) is 1. The lowest BCUT2D eigenvalue weighted by atomic mass is 10.4. The average Bonchev–Trinajstić information content (AvgIpc) is 2.66. The normalized spacial score (nSPS) is 19.6. The Morgan fingerprint density at radius 2 is 2.22 bits per heavy atom. The minimum atomic E-state index is -0.257. The maximum atomic E-state index is 10.9. The fourth-order valence-corrected chi connectivity index (χ4v) is 0.628. The van der Waals surface area contributed by atoms with Gasteiger partial charge in [-0.2, -0.15) is 0 Å². The van der Waals surface area contributed by atoms with Gasteiger partial charge in [0.15, 0.2) is 0 Å². The summed E-state index contributed by atoms with van der Waals surface area (Å²) in [5.74, 6) is 0.109. The van der Waals surface area contributed by atoms with Gasteiger partial charge in [0.05, 0.1) is 0 Å². The molecule has 0 N–H and O–H groups in total. The molecule has 1 rings (SSSR count). The van der Waals surface area contributed by atoms with Crippen molar-refractivity contribution in [3.63, 3.8) is 0 Å². The smallest absolute Gasteiger partial charge is 0.251 e. The van der Waals surface area contributed by atoms with Crippen molar-refractivity contribution in [2.45, 2.75) is 13.0 Å². The maximum Gasteiger partial charge on any atom is 0.251 e. The summed E-state index contributed by atoms with van der Waals surface area (Å²) in [7, 11) is 1.55. The SMILES string of the molecule is COC(C)C(=O)N1CC1. The van der Waals surface area contributed by atoms with Crippen LogP contribution in [0, 0.1) is 0 Å². The van der Waals surface area contributed by atoms with Crippen LogP contribution in [0.4, 0.5) is 0 Å². The van der Waals surface area contributed by atoms with Gasteiger partial charge in [-0.15, -0.1) is 0 Å². The Bertz CT molecular complexity index is 120. The summed E-state index contributed by atoms with van der Waals surface area (Å²) >= 11 is 0. The first-order valence-electron chi connectivity index (χ1n) is 3.07. The van der Waals surface area contributed by atoms with Crippen LogP contribution < -0.4 is 0 Å². The lowest BCUT2D eigenvalue weighted by molar-refractivity contribution is -0.135. The zero-order chi connectivity index (χ0) is 6.85. The number of carbonyl (C=O) groups excluding carboxylic acids is 1. The van der Waals surface area contributed by atoms with Crippen molar-refractivity contribution in [2.75, 3.05) is 20.2 Å². The highest BCUT2D eigenvalue weighted by atomic mass is 16.5. The van der Waals surface area contributed by atoms with Crippen LogP contribution in [0.15, 0.2) is 0 Å². The second kappa shape index (κ2) is 2.35. The molecule has 1 heterocycles. The molecular formula is C6H11NO2. The quantitative estimate of drug-likeness (QED) is 0.486. The molecule has 1 saturated heterocycles. The van der Waals surface area contributed by atoms with Crippen molar-refractivity contribution in [1.29, 1.82) is 0 Å². The Kier molecular flexibility index (Phi) is 1.71. The van der Waals surface area contributed by atoms with Crippen molar-refractivity contribution < 1.29 is 9.53 Å². The van der Waals surface area contributed by atoms with Gasteiger partial charge in [-0.25, -0.2) is 0 Å². The third-order valence-corrected chi connectivity index (χ3v) is 1.46. The van der Waals surface area contributed by atoms with Crippen LogP contribution in [0.1, 0.15) is 6.92 Å². The molecule has 9 heavy (non-hydrogen) atoms. The first kappa shape index (κ1) is 6.55. The van der Waals surface area contributed by atoms with E-state index in [-0.39, 0.29) is 12.0 Å². The van der Waals surface area contributed by atoms with E-state index in [0.29, 0.717) is 0 Å². The predicted molar refractivity (Wildman–Crippen MR) is 33.1 cm³/mol. The van der Waals surface area contributed by atoms with Crippen LogP contribution in [-0.4, -0.2) is 37.1 Å². The number of carbonyl (C=O) groups is 1. The Balaban J connectivity index is 2.31. The first-order chi connectivity index (χ1) is 4.25. The van der Waals surface area contributed by atoms with Crippen molar-refractivity contribution in [1.82, 2.24) is 4.90 Å². The van der Waals surface area contributed by atoms with Gasteiger partial charge in [-0.05, 0) is 6.92 Å². The third-order valence-electron chi connectivity index (χ3n) is 1.46. The number of hydrogen-bond acceptors (Lipinski definition) is 2. The summed E-state index contributed by atoms with van der Waals surface area (Å²) < 4.78 is 4.82. The topological polar surface area (TPSA) is 29.3 Å². The molecule has 1 aliphatic heterocycles. The van der Waals surface area contributed by atoms with Crippen molar-refractivity contribution in [2.24, 2.45) is 0 Å². The monoisotopic (exact) mass is 129 g/mol. The van der Waals surface area contributed by atoms with E-state index in [2.05, 4.69) is 0 Å². The molecular weight excluding hydrogens is 118 g/mol. The molecule has 0 aromatic carbocycles. The molecule has 0 aliphatic carbocycles. The van der Waals surface area contributed by atoms with Gasteiger partial charge in [-0.1, -0.05) is 0 Å². The van der Waals surface area contributed by atoms with E-state index in [1.165, 1.54) is 0 Å². The zero-order valence-electron chi connectivity index (χ0n) is 5.76. The Labute approximate surface area is 54.6 Å². The second-order valence-electron chi connectivity index (χ2n) is 2.20. The van der Waals surface area contributed by atoms with E-state index in [1.807, 2.05) is 0 Å². The molecule has 1 atom stereocenters. The number of methoxy groups -OCH3 is 1. The van der Waals surface area contributed by atoms with E-state index >= 15 is 0 Å². The Morgan fingerprint density at radius 3 is 2.56 bits per heavy atom.